The molecule has 0 radical (unpaired) electrons. The fourth-order valence-corrected chi connectivity index (χ4v) is 3.55. The van der Waals surface area contributed by atoms with Gasteiger partial charge in [-0.25, -0.2) is 9.18 Å². The van der Waals surface area contributed by atoms with Gasteiger partial charge in [-0.2, -0.15) is 0 Å². The first-order valence-corrected chi connectivity index (χ1v) is 7.57. The SMILES string of the molecule is Nc1ccc(F)c(C(=O)OCC2CSc3ccccc32)c1. The minimum absolute atomic E-state index is 0.117. The maximum absolute atomic E-state index is 13.6. The number of nitrogens with two attached hydrogens (primary N) is 1. The van der Waals surface area contributed by atoms with Gasteiger partial charge in [-0.3, -0.25) is 0 Å². The summed E-state index contributed by atoms with van der Waals surface area (Å²) in [6.45, 7) is 0.247. The van der Waals surface area contributed by atoms with Crippen LogP contribution >= 0.6 is 11.8 Å². The van der Waals surface area contributed by atoms with Gasteiger partial charge in [0.15, 0.2) is 0 Å². The van der Waals surface area contributed by atoms with E-state index < -0.39 is 11.8 Å². The zero-order chi connectivity index (χ0) is 14.8. The van der Waals surface area contributed by atoms with Crippen LogP contribution in [-0.4, -0.2) is 18.3 Å². The standard InChI is InChI=1S/C16H14FNO2S/c17-14-6-5-11(18)7-13(14)16(19)20-8-10-9-21-15-4-2-1-3-12(10)15/h1-7,10H,8-9,18H2. The van der Waals surface area contributed by atoms with Gasteiger partial charge in [-0.15, -0.1) is 11.8 Å². The summed E-state index contributed by atoms with van der Waals surface area (Å²) in [6, 6.07) is 11.9. The second-order valence-corrected chi connectivity index (χ2v) is 5.95. The number of hydrogen-bond acceptors (Lipinski definition) is 4. The lowest BCUT2D eigenvalue weighted by Crippen LogP contribution is -2.14. The maximum Gasteiger partial charge on any atom is 0.341 e. The molecule has 0 spiro atoms. The Labute approximate surface area is 126 Å². The van der Waals surface area contributed by atoms with E-state index in [0.717, 1.165) is 5.75 Å². The number of fused-ring (bicyclic) bond motifs is 1. The van der Waals surface area contributed by atoms with Crippen LogP contribution in [0.15, 0.2) is 47.4 Å². The average Bonchev–Trinajstić information content (AvgIpc) is 2.90. The summed E-state index contributed by atoms with van der Waals surface area (Å²) < 4.78 is 18.9. The summed E-state index contributed by atoms with van der Waals surface area (Å²) in [5, 5.41) is 0. The van der Waals surface area contributed by atoms with Crippen LogP contribution in [0.25, 0.3) is 0 Å². The Morgan fingerprint density at radius 1 is 1.33 bits per heavy atom. The Morgan fingerprint density at radius 3 is 3.00 bits per heavy atom. The van der Waals surface area contributed by atoms with Crippen molar-refractivity contribution in [2.75, 3.05) is 18.1 Å². The van der Waals surface area contributed by atoms with Crippen LogP contribution in [0.3, 0.4) is 0 Å². The topological polar surface area (TPSA) is 52.3 Å². The lowest BCUT2D eigenvalue weighted by Gasteiger charge is -2.12. The molecule has 1 aliphatic heterocycles. The van der Waals surface area contributed by atoms with Crippen molar-refractivity contribution in [3.05, 3.63) is 59.4 Å². The first kappa shape index (κ1) is 13.9. The lowest BCUT2D eigenvalue weighted by molar-refractivity contribution is 0.0482. The zero-order valence-corrected chi connectivity index (χ0v) is 12.0. The van der Waals surface area contributed by atoms with E-state index in [0.29, 0.717) is 5.69 Å². The van der Waals surface area contributed by atoms with E-state index in [1.165, 1.54) is 28.7 Å². The zero-order valence-electron chi connectivity index (χ0n) is 11.2. The number of carbonyl (C=O) groups is 1. The van der Waals surface area contributed by atoms with Crippen molar-refractivity contribution in [2.24, 2.45) is 0 Å². The molecule has 0 amide bonds. The molecule has 0 saturated carbocycles. The fourth-order valence-electron chi connectivity index (χ4n) is 2.32. The van der Waals surface area contributed by atoms with Crippen LogP contribution in [0.5, 0.6) is 0 Å². The summed E-state index contributed by atoms with van der Waals surface area (Å²) >= 11 is 1.74. The molecule has 2 N–H and O–H groups in total. The van der Waals surface area contributed by atoms with Crippen LogP contribution in [0.1, 0.15) is 21.8 Å². The van der Waals surface area contributed by atoms with E-state index >= 15 is 0 Å². The molecule has 0 saturated heterocycles. The summed E-state index contributed by atoms with van der Waals surface area (Å²) in [5.74, 6) is -0.268. The number of nitrogen functional groups attached to an aromatic ring is 1. The second-order valence-electron chi connectivity index (χ2n) is 4.88. The number of benzene rings is 2. The van der Waals surface area contributed by atoms with Gasteiger partial charge >= 0.3 is 5.97 Å². The third kappa shape index (κ3) is 2.88. The molecular weight excluding hydrogens is 289 g/mol. The van der Waals surface area contributed by atoms with Crippen molar-refractivity contribution in [1.29, 1.82) is 0 Å². The molecule has 2 aromatic carbocycles. The highest BCUT2D eigenvalue weighted by molar-refractivity contribution is 7.99. The summed E-state index contributed by atoms with van der Waals surface area (Å²) in [4.78, 5) is 13.2. The number of esters is 1. The number of rotatable bonds is 3. The summed E-state index contributed by atoms with van der Waals surface area (Å²) in [5.41, 5.74) is 6.97. The normalized spacial score (nSPS) is 16.5. The molecule has 1 heterocycles. The summed E-state index contributed by atoms with van der Waals surface area (Å²) in [7, 11) is 0. The molecule has 108 valence electrons. The van der Waals surface area contributed by atoms with Gasteiger partial charge in [-0.1, -0.05) is 18.2 Å². The van der Waals surface area contributed by atoms with Gasteiger partial charge in [0.05, 0.1) is 12.2 Å². The van der Waals surface area contributed by atoms with Gasteiger partial charge in [0.1, 0.15) is 5.82 Å². The van der Waals surface area contributed by atoms with Gasteiger partial charge in [0, 0.05) is 22.3 Å². The van der Waals surface area contributed by atoms with E-state index in [1.807, 2.05) is 18.2 Å². The molecule has 0 aromatic heterocycles. The van der Waals surface area contributed by atoms with Gasteiger partial charge in [0.25, 0.3) is 0 Å². The number of carbonyl (C=O) groups excluding carboxylic acids is 1. The van der Waals surface area contributed by atoms with Crippen LogP contribution in [0.4, 0.5) is 10.1 Å². The number of ether oxygens (including phenoxy) is 1. The van der Waals surface area contributed by atoms with Crippen molar-refractivity contribution >= 4 is 23.4 Å². The van der Waals surface area contributed by atoms with Crippen molar-refractivity contribution in [2.45, 2.75) is 10.8 Å². The molecule has 3 rings (SSSR count). The number of halogens is 1. The Balaban J connectivity index is 1.69. The maximum atomic E-state index is 13.6. The highest BCUT2D eigenvalue weighted by Gasteiger charge is 2.24. The number of thioether (sulfide) groups is 1. The quantitative estimate of drug-likeness (QED) is 0.697. The largest absolute Gasteiger partial charge is 0.461 e. The predicted molar refractivity (Wildman–Crippen MR) is 81.0 cm³/mol. The van der Waals surface area contributed by atoms with Crippen LogP contribution in [-0.2, 0) is 4.74 Å². The summed E-state index contributed by atoms with van der Waals surface area (Å²) in [6.07, 6.45) is 0. The highest BCUT2D eigenvalue weighted by Crippen LogP contribution is 2.39. The molecule has 0 bridgehead atoms. The second kappa shape index (κ2) is 5.77. The molecule has 0 fully saturated rings. The monoisotopic (exact) mass is 303 g/mol. The van der Waals surface area contributed by atoms with E-state index in [-0.39, 0.29) is 18.1 Å². The third-order valence-electron chi connectivity index (χ3n) is 3.42. The molecular formula is C16H14FNO2S. The minimum atomic E-state index is -0.672. The van der Waals surface area contributed by atoms with Crippen molar-refractivity contribution < 1.29 is 13.9 Å². The average molecular weight is 303 g/mol. The molecule has 21 heavy (non-hydrogen) atoms. The Bertz CT molecular complexity index is 690. The Morgan fingerprint density at radius 2 is 2.14 bits per heavy atom. The van der Waals surface area contributed by atoms with Crippen molar-refractivity contribution in [1.82, 2.24) is 0 Å². The van der Waals surface area contributed by atoms with Crippen molar-refractivity contribution in [3.63, 3.8) is 0 Å². The number of hydrogen-bond donors (Lipinski definition) is 1. The fraction of sp³-hybridized carbons (Fsp3) is 0.188. The van der Waals surface area contributed by atoms with Crippen LogP contribution in [0.2, 0.25) is 0 Å². The number of anilines is 1. The molecule has 0 aliphatic carbocycles. The first-order chi connectivity index (χ1) is 10.1. The molecule has 1 aliphatic rings. The molecule has 5 heteroatoms. The van der Waals surface area contributed by atoms with Crippen molar-refractivity contribution in [3.8, 4) is 0 Å². The third-order valence-corrected chi connectivity index (χ3v) is 4.68. The predicted octanol–water partition coefficient (Wildman–Crippen LogP) is 3.45. The molecule has 2 aromatic rings. The van der Waals surface area contributed by atoms with E-state index in [1.54, 1.807) is 11.8 Å². The Kier molecular flexibility index (Phi) is 3.84. The highest BCUT2D eigenvalue weighted by atomic mass is 32.2. The minimum Gasteiger partial charge on any atom is -0.461 e. The smallest absolute Gasteiger partial charge is 0.341 e. The van der Waals surface area contributed by atoms with Crippen LogP contribution in [0, 0.1) is 5.82 Å². The van der Waals surface area contributed by atoms with Gasteiger partial charge in [0.2, 0.25) is 0 Å². The lowest BCUT2D eigenvalue weighted by atomic mass is 10.0. The molecule has 1 unspecified atom stereocenters. The van der Waals surface area contributed by atoms with E-state index in [9.17, 15) is 9.18 Å². The molecule has 3 nitrogen and oxygen atoms in total. The molecule has 1 atom stereocenters. The first-order valence-electron chi connectivity index (χ1n) is 6.59. The van der Waals surface area contributed by atoms with Crippen LogP contribution < -0.4 is 5.73 Å². The van der Waals surface area contributed by atoms with Gasteiger partial charge < -0.3 is 10.5 Å². The Hall–Kier alpha value is -2.01. The van der Waals surface area contributed by atoms with E-state index in [4.69, 9.17) is 10.5 Å². The van der Waals surface area contributed by atoms with E-state index in [2.05, 4.69) is 6.07 Å². The van der Waals surface area contributed by atoms with Gasteiger partial charge in [-0.05, 0) is 29.8 Å².